The highest BCUT2D eigenvalue weighted by Crippen LogP contribution is 2.17. The van der Waals surface area contributed by atoms with Crippen molar-refractivity contribution >= 4 is 17.4 Å². The van der Waals surface area contributed by atoms with Crippen molar-refractivity contribution < 1.29 is 10.0 Å². The molecule has 2 unspecified atom stereocenters. The molecule has 0 aliphatic rings. The smallest absolute Gasteiger partial charge is 0.269 e. The Morgan fingerprint density at radius 2 is 2.05 bits per heavy atom. The lowest BCUT2D eigenvalue weighted by molar-refractivity contribution is -0.384. The van der Waals surface area contributed by atoms with Crippen molar-refractivity contribution in [1.82, 2.24) is 5.32 Å². The molecule has 106 valence electrons. The van der Waals surface area contributed by atoms with Crippen LogP contribution in [0.4, 0.5) is 5.69 Å². The molecule has 0 radical (unpaired) electrons. The molecule has 0 fully saturated rings. The fourth-order valence-corrected chi connectivity index (χ4v) is 1.95. The van der Waals surface area contributed by atoms with Crippen LogP contribution in [0.5, 0.6) is 0 Å². The Morgan fingerprint density at radius 3 is 2.58 bits per heavy atom. The van der Waals surface area contributed by atoms with Crippen LogP contribution in [0.15, 0.2) is 24.3 Å². The molecule has 0 spiro atoms. The van der Waals surface area contributed by atoms with Crippen molar-refractivity contribution in [2.24, 2.45) is 0 Å². The fourth-order valence-electron chi connectivity index (χ4n) is 1.60. The van der Waals surface area contributed by atoms with Gasteiger partial charge in [-0.15, -0.1) is 0 Å². The number of hydrogen-bond acceptors (Lipinski definition) is 5. The summed E-state index contributed by atoms with van der Waals surface area (Å²) >= 11 is 1.82. The number of hydrogen-bond donors (Lipinski definition) is 2. The first-order valence-electron chi connectivity index (χ1n) is 6.20. The number of non-ortho nitro benzene ring substituents is 1. The second kappa shape index (κ2) is 8.14. The molecule has 0 bridgehead atoms. The van der Waals surface area contributed by atoms with Crippen LogP contribution in [0.25, 0.3) is 0 Å². The zero-order valence-electron chi connectivity index (χ0n) is 11.2. The molecule has 1 aromatic carbocycles. The van der Waals surface area contributed by atoms with E-state index in [1.165, 1.54) is 12.1 Å². The quantitative estimate of drug-likeness (QED) is 0.435. The minimum absolute atomic E-state index is 0.0395. The molecule has 1 aromatic rings. The summed E-state index contributed by atoms with van der Waals surface area (Å²) in [6.45, 7) is 3.48. The van der Waals surface area contributed by atoms with Gasteiger partial charge in [0.15, 0.2) is 0 Å². The van der Waals surface area contributed by atoms with Crippen LogP contribution in [0.3, 0.4) is 0 Å². The largest absolute Gasteiger partial charge is 0.387 e. The van der Waals surface area contributed by atoms with E-state index < -0.39 is 11.0 Å². The maximum Gasteiger partial charge on any atom is 0.269 e. The molecule has 0 aromatic heterocycles. The van der Waals surface area contributed by atoms with E-state index in [1.807, 2.05) is 11.8 Å². The van der Waals surface area contributed by atoms with Crippen LogP contribution in [-0.2, 0) is 0 Å². The zero-order chi connectivity index (χ0) is 14.3. The number of rotatable bonds is 8. The van der Waals surface area contributed by atoms with Crippen molar-refractivity contribution in [2.45, 2.75) is 24.7 Å². The Hall–Kier alpha value is -1.11. The third-order valence-electron chi connectivity index (χ3n) is 2.96. The van der Waals surface area contributed by atoms with E-state index in [2.05, 4.69) is 18.5 Å². The molecule has 2 atom stereocenters. The van der Waals surface area contributed by atoms with Gasteiger partial charge in [0.05, 0.1) is 11.0 Å². The number of nitro benzene ring substituents is 1. The monoisotopic (exact) mass is 284 g/mol. The molecule has 19 heavy (non-hydrogen) atoms. The molecule has 2 N–H and O–H groups in total. The Bertz CT molecular complexity index is 397. The Labute approximate surface area is 117 Å². The van der Waals surface area contributed by atoms with Gasteiger partial charge < -0.3 is 10.4 Å². The summed E-state index contributed by atoms with van der Waals surface area (Å²) in [6, 6.07) is 6.01. The van der Waals surface area contributed by atoms with Gasteiger partial charge in [0.2, 0.25) is 0 Å². The second-order valence-electron chi connectivity index (χ2n) is 4.40. The predicted octanol–water partition coefficient (Wildman–Crippen LogP) is 2.36. The number of nitrogens with zero attached hydrogens (tertiary/aromatic N) is 1. The van der Waals surface area contributed by atoms with Gasteiger partial charge >= 0.3 is 0 Å². The van der Waals surface area contributed by atoms with Gasteiger partial charge in [-0.05, 0) is 36.9 Å². The number of nitro groups is 1. The molecule has 5 nitrogen and oxygen atoms in total. The molecule has 0 heterocycles. The van der Waals surface area contributed by atoms with Crippen molar-refractivity contribution in [3.63, 3.8) is 0 Å². The molecule has 0 saturated carbocycles. The van der Waals surface area contributed by atoms with Crippen LogP contribution >= 0.6 is 11.8 Å². The summed E-state index contributed by atoms with van der Waals surface area (Å²) in [7, 11) is 0. The van der Waals surface area contributed by atoms with Crippen LogP contribution in [0, 0.1) is 10.1 Å². The lowest BCUT2D eigenvalue weighted by Gasteiger charge is -2.13. The van der Waals surface area contributed by atoms with E-state index in [4.69, 9.17) is 0 Å². The summed E-state index contributed by atoms with van der Waals surface area (Å²) in [5, 5.41) is 24.2. The standard InChI is InChI=1S/C13H20N2O3S/c1-10(19-2)7-8-14-9-13(16)11-3-5-12(6-4-11)15(17)18/h3-6,10,13-14,16H,7-9H2,1-2H3. The van der Waals surface area contributed by atoms with Crippen LogP contribution in [-0.4, -0.2) is 34.6 Å². The van der Waals surface area contributed by atoms with E-state index in [9.17, 15) is 15.2 Å². The summed E-state index contributed by atoms with van der Waals surface area (Å²) in [4.78, 5) is 10.1. The first-order valence-corrected chi connectivity index (χ1v) is 7.49. The Morgan fingerprint density at radius 1 is 1.42 bits per heavy atom. The molecule has 0 aliphatic heterocycles. The SMILES string of the molecule is CSC(C)CCNCC(O)c1ccc([N+](=O)[O-])cc1. The van der Waals surface area contributed by atoms with Gasteiger partial charge in [-0.3, -0.25) is 10.1 Å². The minimum Gasteiger partial charge on any atom is -0.387 e. The molecule has 0 amide bonds. The first kappa shape index (κ1) is 15.9. The van der Waals surface area contributed by atoms with Crippen LogP contribution < -0.4 is 5.32 Å². The third kappa shape index (κ3) is 5.59. The van der Waals surface area contributed by atoms with Crippen molar-refractivity contribution in [2.75, 3.05) is 19.3 Å². The van der Waals surface area contributed by atoms with Gasteiger partial charge in [0.25, 0.3) is 5.69 Å². The number of nitrogens with one attached hydrogen (secondary N) is 1. The van der Waals surface area contributed by atoms with Crippen LogP contribution in [0.2, 0.25) is 0 Å². The Balaban J connectivity index is 2.37. The number of benzene rings is 1. The van der Waals surface area contributed by atoms with Crippen molar-refractivity contribution in [1.29, 1.82) is 0 Å². The zero-order valence-corrected chi connectivity index (χ0v) is 12.0. The van der Waals surface area contributed by atoms with Gasteiger partial charge in [-0.2, -0.15) is 11.8 Å². The fraction of sp³-hybridized carbons (Fsp3) is 0.538. The molecule has 0 aliphatic carbocycles. The summed E-state index contributed by atoms with van der Waals surface area (Å²) < 4.78 is 0. The maximum atomic E-state index is 10.5. The van der Waals surface area contributed by atoms with E-state index in [-0.39, 0.29) is 5.69 Å². The maximum absolute atomic E-state index is 10.5. The first-order chi connectivity index (χ1) is 9.04. The Kier molecular flexibility index (Phi) is 6.83. The van der Waals surface area contributed by atoms with E-state index in [0.717, 1.165) is 13.0 Å². The number of aliphatic hydroxyl groups is 1. The molecule has 1 rings (SSSR count). The predicted molar refractivity (Wildman–Crippen MR) is 78.5 cm³/mol. The lowest BCUT2D eigenvalue weighted by atomic mass is 10.1. The van der Waals surface area contributed by atoms with E-state index in [1.54, 1.807) is 12.1 Å². The summed E-state index contributed by atoms with van der Waals surface area (Å²) in [5.41, 5.74) is 0.730. The van der Waals surface area contributed by atoms with Gasteiger partial charge in [0, 0.05) is 23.9 Å². The van der Waals surface area contributed by atoms with Gasteiger partial charge in [0.1, 0.15) is 0 Å². The van der Waals surface area contributed by atoms with Gasteiger partial charge in [-0.25, -0.2) is 0 Å². The highest BCUT2D eigenvalue weighted by Gasteiger charge is 2.10. The molecule has 0 saturated heterocycles. The van der Waals surface area contributed by atoms with Crippen LogP contribution in [0.1, 0.15) is 25.0 Å². The highest BCUT2D eigenvalue weighted by atomic mass is 32.2. The average molecular weight is 284 g/mol. The minimum atomic E-state index is -0.634. The van der Waals surface area contributed by atoms with Gasteiger partial charge in [-0.1, -0.05) is 6.92 Å². The topological polar surface area (TPSA) is 75.4 Å². The summed E-state index contributed by atoms with van der Waals surface area (Å²) in [6.07, 6.45) is 2.50. The normalized spacial score (nSPS) is 14.1. The lowest BCUT2D eigenvalue weighted by Crippen LogP contribution is -2.24. The highest BCUT2D eigenvalue weighted by molar-refractivity contribution is 7.99. The number of aliphatic hydroxyl groups excluding tert-OH is 1. The van der Waals surface area contributed by atoms with E-state index in [0.29, 0.717) is 17.4 Å². The van der Waals surface area contributed by atoms with Crippen molar-refractivity contribution in [3.05, 3.63) is 39.9 Å². The van der Waals surface area contributed by atoms with Crippen molar-refractivity contribution in [3.8, 4) is 0 Å². The second-order valence-corrected chi connectivity index (χ2v) is 5.68. The van der Waals surface area contributed by atoms with E-state index >= 15 is 0 Å². The average Bonchev–Trinajstić information content (AvgIpc) is 2.43. The summed E-state index contributed by atoms with van der Waals surface area (Å²) in [5.74, 6) is 0. The molecular weight excluding hydrogens is 264 g/mol. The molecular formula is C13H20N2O3S. The number of thioether (sulfide) groups is 1. The third-order valence-corrected chi connectivity index (χ3v) is 4.00. The molecule has 6 heteroatoms.